The van der Waals surface area contributed by atoms with Crippen LogP contribution in [0.3, 0.4) is 0 Å². The lowest BCUT2D eigenvalue weighted by atomic mass is 9.93. The van der Waals surface area contributed by atoms with E-state index in [9.17, 15) is 36.3 Å². The van der Waals surface area contributed by atoms with Gasteiger partial charge in [0, 0.05) is 57.5 Å². The minimum Gasteiger partial charge on any atom is -0.348 e. The molecule has 2 atom stereocenters. The van der Waals surface area contributed by atoms with Crippen LogP contribution < -0.4 is 16.2 Å². The van der Waals surface area contributed by atoms with Gasteiger partial charge in [0.25, 0.3) is 11.8 Å². The number of benzene rings is 2. The molecule has 0 radical (unpaired) electrons. The molecule has 2 aromatic carbocycles. The van der Waals surface area contributed by atoms with Crippen molar-refractivity contribution in [1.29, 1.82) is 0 Å². The van der Waals surface area contributed by atoms with Gasteiger partial charge in [0.05, 0.1) is 11.7 Å². The second-order valence-corrected chi connectivity index (χ2v) is 14.1. The highest BCUT2D eigenvalue weighted by molar-refractivity contribution is 14.1. The molecule has 0 fully saturated rings. The lowest BCUT2D eigenvalue weighted by Gasteiger charge is -2.23. The van der Waals surface area contributed by atoms with E-state index in [1.165, 1.54) is 40.9 Å². The van der Waals surface area contributed by atoms with Crippen molar-refractivity contribution in [3.63, 3.8) is 0 Å². The third-order valence-electron chi connectivity index (χ3n) is 8.82. The van der Waals surface area contributed by atoms with Gasteiger partial charge in [0.2, 0.25) is 11.5 Å². The molecule has 0 saturated heterocycles. The number of alkyl halides is 6. The molecule has 0 saturated carbocycles. The van der Waals surface area contributed by atoms with Crippen molar-refractivity contribution in [2.45, 2.75) is 48.0 Å². The van der Waals surface area contributed by atoms with Crippen LogP contribution in [0.25, 0.3) is 11.1 Å². The van der Waals surface area contributed by atoms with E-state index in [1.54, 1.807) is 30.3 Å². The van der Waals surface area contributed by atoms with Crippen LogP contribution in [0, 0.1) is 23.5 Å². The van der Waals surface area contributed by atoms with Crippen LogP contribution in [0.4, 0.5) is 30.7 Å². The largest absolute Gasteiger partial charge is 0.435 e. The number of carbonyl (C=O) groups is 2. The number of rotatable bonds is 7. The van der Waals surface area contributed by atoms with E-state index in [4.69, 9.17) is 0 Å². The molecule has 17 heteroatoms. The van der Waals surface area contributed by atoms with Gasteiger partial charge < -0.3 is 15.6 Å². The van der Waals surface area contributed by atoms with Crippen LogP contribution in [0.1, 0.15) is 71.8 Å². The maximum Gasteiger partial charge on any atom is 0.435 e. The number of fused-ring (bicyclic) bond motifs is 2. The first-order chi connectivity index (χ1) is 25.6. The Morgan fingerprint density at radius 2 is 1.78 bits per heavy atom. The standard InChI is InChI=1S/C37H24F7IN6O3/c38-22-9-19(10-23(39)13-22)11-28(49-30(53)17-51-34-31(27(45)14-36(34,40)41)33(50-51)37(42,43)44)32-25(20-3-4-21-16-47-35(54)26(21)12-20)7-6-24(48-32)5-1-18-2-8-29(52)46-15-18/h2-4,6-10,12-13,15,27-28H,11,14,16-17H2,(H,46,52)(H,47,54)(H,49,53)/t27-,28-/m0/s1. The summed E-state index contributed by atoms with van der Waals surface area (Å²) in [6, 6.07) is 12.2. The number of nitrogens with one attached hydrogen (secondary N) is 3. The molecule has 5 aromatic rings. The van der Waals surface area contributed by atoms with Gasteiger partial charge in [-0.05, 0) is 65.4 Å². The Balaban J connectivity index is 1.33. The Labute approximate surface area is 314 Å². The van der Waals surface area contributed by atoms with Crippen LogP contribution in [0.5, 0.6) is 0 Å². The molecular formula is C37H24F7IN6O3. The second-order valence-electron chi connectivity index (χ2n) is 12.6. The summed E-state index contributed by atoms with van der Waals surface area (Å²) in [7, 11) is 0. The van der Waals surface area contributed by atoms with Crippen molar-refractivity contribution in [1.82, 2.24) is 30.4 Å². The van der Waals surface area contributed by atoms with Gasteiger partial charge in [-0.2, -0.15) is 27.1 Å². The summed E-state index contributed by atoms with van der Waals surface area (Å²) < 4.78 is 100. The number of pyridine rings is 2. The zero-order chi connectivity index (χ0) is 38.5. The minimum atomic E-state index is -5.08. The van der Waals surface area contributed by atoms with Crippen LogP contribution in [-0.4, -0.2) is 31.6 Å². The van der Waals surface area contributed by atoms with Gasteiger partial charge >= 0.3 is 6.18 Å². The van der Waals surface area contributed by atoms with Crippen molar-refractivity contribution < 1.29 is 40.3 Å². The summed E-state index contributed by atoms with van der Waals surface area (Å²) >= 11 is 1.49. The van der Waals surface area contributed by atoms with Gasteiger partial charge in [-0.1, -0.05) is 40.6 Å². The quantitative estimate of drug-likeness (QED) is 0.0734. The predicted molar refractivity (Wildman–Crippen MR) is 187 cm³/mol. The normalized spacial score (nSPS) is 16.2. The number of aromatic amines is 1. The zero-order valence-electron chi connectivity index (χ0n) is 27.4. The van der Waals surface area contributed by atoms with Gasteiger partial charge in [-0.3, -0.25) is 19.1 Å². The van der Waals surface area contributed by atoms with E-state index in [0.717, 1.165) is 17.7 Å². The molecule has 0 bridgehead atoms. The Kier molecular flexibility index (Phi) is 9.58. The number of H-pyrrole nitrogens is 1. The number of hydrogen-bond donors (Lipinski definition) is 3. The molecule has 276 valence electrons. The van der Waals surface area contributed by atoms with E-state index in [2.05, 4.69) is 37.5 Å². The summed E-state index contributed by atoms with van der Waals surface area (Å²) in [6.45, 7) is -0.765. The highest BCUT2D eigenvalue weighted by Gasteiger charge is 2.54. The molecular weight excluding hydrogens is 836 g/mol. The molecule has 9 nitrogen and oxygen atoms in total. The topological polar surface area (TPSA) is 122 Å². The maximum atomic E-state index is 15.1. The summed E-state index contributed by atoms with van der Waals surface area (Å²) in [5.41, 5.74) is -1.06. The number of nitrogens with zero attached hydrogens (tertiary/aromatic N) is 3. The van der Waals surface area contributed by atoms with E-state index in [0.29, 0.717) is 39.5 Å². The fourth-order valence-electron chi connectivity index (χ4n) is 6.52. The Morgan fingerprint density at radius 3 is 2.48 bits per heavy atom. The first-order valence-corrected chi connectivity index (χ1v) is 17.4. The third kappa shape index (κ3) is 7.47. The molecule has 3 aromatic heterocycles. The third-order valence-corrected chi connectivity index (χ3v) is 9.89. The first-order valence-electron chi connectivity index (χ1n) is 16.1. The average molecular weight is 861 g/mol. The van der Waals surface area contributed by atoms with Crippen LogP contribution >= 0.6 is 22.6 Å². The van der Waals surface area contributed by atoms with Crippen molar-refractivity contribution in [3.05, 3.63) is 139 Å². The fraction of sp³-hybridized carbons (Fsp3) is 0.216. The zero-order valence-corrected chi connectivity index (χ0v) is 29.6. The number of hydrogen-bond acceptors (Lipinski definition) is 5. The number of amides is 2. The van der Waals surface area contributed by atoms with Crippen LogP contribution in [-0.2, 0) is 36.4 Å². The van der Waals surface area contributed by atoms with Crippen molar-refractivity contribution in [2.75, 3.05) is 0 Å². The Hall–Kier alpha value is -5.51. The van der Waals surface area contributed by atoms with E-state index in [-0.39, 0.29) is 34.8 Å². The first kappa shape index (κ1) is 36.8. The van der Waals surface area contributed by atoms with Crippen LogP contribution in [0.15, 0.2) is 71.7 Å². The second kappa shape index (κ2) is 14.0. The van der Waals surface area contributed by atoms with Gasteiger partial charge in [-0.15, -0.1) is 0 Å². The number of aromatic nitrogens is 4. The van der Waals surface area contributed by atoms with Gasteiger partial charge in [0.15, 0.2) is 5.69 Å². The van der Waals surface area contributed by atoms with Gasteiger partial charge in [-0.25, -0.2) is 13.8 Å². The van der Waals surface area contributed by atoms with Crippen molar-refractivity contribution >= 4 is 34.4 Å². The molecule has 0 unspecified atom stereocenters. The predicted octanol–water partition coefficient (Wildman–Crippen LogP) is 6.65. The lowest BCUT2D eigenvalue weighted by molar-refractivity contribution is -0.142. The molecule has 54 heavy (non-hydrogen) atoms. The molecule has 1 aliphatic heterocycles. The van der Waals surface area contributed by atoms with Crippen molar-refractivity contribution in [2.24, 2.45) is 0 Å². The molecule has 2 amide bonds. The van der Waals surface area contributed by atoms with E-state index in [1.807, 2.05) is 0 Å². The highest BCUT2D eigenvalue weighted by atomic mass is 127. The smallest absolute Gasteiger partial charge is 0.348 e. The maximum absolute atomic E-state index is 15.1. The summed E-state index contributed by atoms with van der Waals surface area (Å²) in [5, 5.41) is 8.75. The molecule has 1 aliphatic carbocycles. The molecule has 3 N–H and O–H groups in total. The van der Waals surface area contributed by atoms with E-state index >= 15 is 8.78 Å². The monoisotopic (exact) mass is 860 g/mol. The van der Waals surface area contributed by atoms with Gasteiger partial charge in [0.1, 0.15) is 29.6 Å². The molecule has 4 heterocycles. The van der Waals surface area contributed by atoms with Crippen molar-refractivity contribution in [3.8, 4) is 23.0 Å². The number of carbonyl (C=O) groups excluding carboxylic acids is 2. The number of halogens is 8. The summed E-state index contributed by atoms with van der Waals surface area (Å²) in [6.07, 6.45) is -4.96. The Bertz CT molecular complexity index is 2430. The van der Waals surface area contributed by atoms with Crippen LogP contribution in [0.2, 0.25) is 0 Å². The lowest BCUT2D eigenvalue weighted by Crippen LogP contribution is -2.35. The molecule has 7 rings (SSSR count). The highest BCUT2D eigenvalue weighted by Crippen LogP contribution is 2.54. The SMILES string of the molecule is O=C(Cn1nc(C(F)(F)F)c2c1C(F)(F)C[C@@H]2I)N[C@@H](Cc1cc(F)cc(F)c1)c1nc(C#Cc2ccc(=O)[nH]c2)ccc1-c1ccc2c(c1)C(=O)NC2. The minimum absolute atomic E-state index is 0.0437. The molecule has 0 spiro atoms. The molecule has 2 aliphatic rings. The Morgan fingerprint density at radius 1 is 1.02 bits per heavy atom. The summed E-state index contributed by atoms with van der Waals surface area (Å²) in [4.78, 5) is 45.0. The fourth-order valence-corrected chi connectivity index (χ4v) is 7.66. The summed E-state index contributed by atoms with van der Waals surface area (Å²) in [5.74, 6) is -1.29. The average Bonchev–Trinajstić information content (AvgIpc) is 3.75. The van der Waals surface area contributed by atoms with E-state index < -0.39 is 69.5 Å².